The third-order valence-corrected chi connectivity index (χ3v) is 4.64. The molecule has 0 bridgehead atoms. The van der Waals surface area contributed by atoms with E-state index in [9.17, 15) is 75.4 Å². The van der Waals surface area contributed by atoms with Crippen LogP contribution in [0.4, 0.5) is 65.9 Å². The Morgan fingerprint density at radius 2 is 0.743 bits per heavy atom. The third kappa shape index (κ3) is 4.25. The summed E-state index contributed by atoms with van der Waals surface area (Å²) in [6.45, 7) is -0.251. The van der Waals surface area contributed by atoms with Crippen molar-refractivity contribution < 1.29 is 84.9 Å². The molecule has 0 N–H and O–H groups in total. The Balaban J connectivity index is 7.29. The topological polar surface area (TPSA) is 52.6 Å². The zero-order valence-electron chi connectivity index (χ0n) is 17.4. The first-order valence-corrected chi connectivity index (χ1v) is 8.95. The van der Waals surface area contributed by atoms with E-state index in [-0.39, 0.29) is 6.92 Å². The van der Waals surface area contributed by atoms with Crippen molar-refractivity contribution in [1.29, 1.82) is 0 Å². The first-order valence-electron chi connectivity index (χ1n) is 8.95. The van der Waals surface area contributed by atoms with Gasteiger partial charge in [-0.05, 0) is 20.3 Å². The van der Waals surface area contributed by atoms with Crippen molar-refractivity contribution in [2.75, 3.05) is 13.2 Å². The quantitative estimate of drug-likeness (QED) is 0.181. The molecule has 208 valence electrons. The Bertz CT molecular complexity index is 770. The maximum Gasteiger partial charge on any atom is 0.460 e. The van der Waals surface area contributed by atoms with Gasteiger partial charge in [-0.1, -0.05) is 6.92 Å². The van der Waals surface area contributed by atoms with Crippen LogP contribution in [0.25, 0.3) is 0 Å². The number of halogens is 15. The van der Waals surface area contributed by atoms with Crippen molar-refractivity contribution in [3.05, 3.63) is 0 Å². The van der Waals surface area contributed by atoms with Gasteiger partial charge in [-0.2, -0.15) is 65.9 Å². The van der Waals surface area contributed by atoms with Gasteiger partial charge in [-0.3, -0.25) is 9.59 Å². The highest BCUT2D eigenvalue weighted by atomic mass is 19.4. The molecule has 0 aliphatic carbocycles. The van der Waals surface area contributed by atoms with Crippen molar-refractivity contribution in [2.45, 2.75) is 68.9 Å². The molecule has 0 atom stereocenters. The van der Waals surface area contributed by atoms with Gasteiger partial charge in [-0.15, -0.1) is 0 Å². The van der Waals surface area contributed by atoms with E-state index < -0.39 is 78.7 Å². The lowest BCUT2D eigenvalue weighted by atomic mass is 9.73. The molecule has 0 aromatic rings. The second kappa shape index (κ2) is 9.40. The normalized spacial score (nSPS) is 15.1. The average Bonchev–Trinajstić information content (AvgIpc) is 2.67. The Hall–Kier alpha value is -2.11. The van der Waals surface area contributed by atoms with E-state index in [0.717, 1.165) is 13.8 Å². The number of esters is 2. The minimum absolute atomic E-state index is 0.237. The Morgan fingerprint density at radius 1 is 0.486 bits per heavy atom. The Labute approximate surface area is 185 Å². The van der Waals surface area contributed by atoms with Crippen molar-refractivity contribution in [3.63, 3.8) is 0 Å². The number of carbonyl (C=O) groups is 2. The van der Waals surface area contributed by atoms with Gasteiger partial charge in [0.1, 0.15) is 0 Å². The Kier molecular flexibility index (Phi) is 8.84. The summed E-state index contributed by atoms with van der Waals surface area (Å²) in [5, 5.41) is 0. The molecule has 4 nitrogen and oxygen atoms in total. The highest BCUT2D eigenvalue weighted by Gasteiger charge is 2.95. The second-order valence-electron chi connectivity index (χ2n) is 6.64. The molecule has 0 aromatic carbocycles. The molecule has 0 saturated heterocycles. The van der Waals surface area contributed by atoms with Crippen molar-refractivity contribution in [1.82, 2.24) is 0 Å². The number of hydrogen-bond acceptors (Lipinski definition) is 4. The van der Waals surface area contributed by atoms with Gasteiger partial charge < -0.3 is 9.47 Å². The minimum Gasteiger partial charge on any atom is -0.465 e. The molecule has 0 aliphatic rings. The molecule has 0 radical (unpaired) electrons. The van der Waals surface area contributed by atoms with Crippen LogP contribution >= 0.6 is 0 Å². The largest absolute Gasteiger partial charge is 0.465 e. The van der Waals surface area contributed by atoms with E-state index in [4.69, 9.17) is 0 Å². The van der Waals surface area contributed by atoms with Crippen molar-refractivity contribution >= 4 is 11.9 Å². The Morgan fingerprint density at radius 3 is 0.971 bits per heavy atom. The van der Waals surface area contributed by atoms with E-state index in [1.54, 1.807) is 0 Å². The zero-order chi connectivity index (χ0) is 28.7. The second-order valence-corrected chi connectivity index (χ2v) is 6.64. The summed E-state index contributed by atoms with van der Waals surface area (Å²) in [4.78, 5) is 24.0. The highest BCUT2D eigenvalue weighted by Crippen LogP contribution is 2.65. The van der Waals surface area contributed by atoms with Gasteiger partial charge in [-0.25, -0.2) is 0 Å². The number of ether oxygens (including phenoxy) is 2. The van der Waals surface area contributed by atoms with Crippen molar-refractivity contribution in [3.8, 4) is 0 Å². The first-order chi connectivity index (χ1) is 15.3. The molecule has 0 unspecified atom stereocenters. The van der Waals surface area contributed by atoms with Crippen LogP contribution < -0.4 is 0 Å². The summed E-state index contributed by atoms with van der Waals surface area (Å²) in [5.74, 6) is -54.5. The van der Waals surface area contributed by atoms with Crippen LogP contribution in [0.1, 0.15) is 27.2 Å². The molecule has 35 heavy (non-hydrogen) atoms. The summed E-state index contributed by atoms with van der Waals surface area (Å²) in [6.07, 6.45) is -9.76. The van der Waals surface area contributed by atoms with Gasteiger partial charge >= 0.3 is 53.7 Å². The van der Waals surface area contributed by atoms with Gasteiger partial charge in [0, 0.05) is 0 Å². The SMILES string of the molecule is CCOC(=O)C(CC)(C(=O)OCC)C(F)(F)C(F)(F)C(F)(F)C(F)(F)C(F)(F)C(F)(F)C(F)(F)F. The predicted octanol–water partition coefficient (Wildman–Crippen LogP) is 5.88. The maximum atomic E-state index is 14.8. The van der Waals surface area contributed by atoms with Crippen LogP contribution in [0.2, 0.25) is 0 Å². The molecule has 0 saturated carbocycles. The van der Waals surface area contributed by atoms with E-state index in [1.807, 2.05) is 0 Å². The highest BCUT2D eigenvalue weighted by molar-refractivity contribution is 6.01. The van der Waals surface area contributed by atoms with Crippen LogP contribution in [0.3, 0.4) is 0 Å². The molecule has 0 aliphatic heterocycles. The molecular weight excluding hydrogens is 541 g/mol. The standard InChI is InChI=1S/C16H15F15O4/c1-4-9(7(32)34-5-2,8(33)35-6-3)10(17,18)11(19,20)12(21,22)13(23,24)14(25,26)15(27,28)16(29,30)31/h4-6H2,1-3H3. The van der Waals surface area contributed by atoms with Gasteiger partial charge in [0.15, 0.2) is 0 Å². The van der Waals surface area contributed by atoms with Crippen LogP contribution in [0.15, 0.2) is 0 Å². The molecule has 19 heteroatoms. The zero-order valence-corrected chi connectivity index (χ0v) is 17.4. The number of rotatable bonds is 11. The summed E-state index contributed by atoms with van der Waals surface area (Å²) in [7, 11) is 0. The first kappa shape index (κ1) is 32.9. The fraction of sp³-hybridized carbons (Fsp3) is 0.875. The van der Waals surface area contributed by atoms with E-state index in [1.165, 1.54) is 0 Å². The number of alkyl halides is 15. The lowest BCUT2D eigenvalue weighted by Gasteiger charge is -2.45. The predicted molar refractivity (Wildman–Crippen MR) is 81.7 cm³/mol. The monoisotopic (exact) mass is 556 g/mol. The molecular formula is C16H15F15O4. The molecule has 0 heterocycles. The van der Waals surface area contributed by atoms with Gasteiger partial charge in [0.2, 0.25) is 5.41 Å². The van der Waals surface area contributed by atoms with Gasteiger partial charge in [0.25, 0.3) is 0 Å². The van der Waals surface area contributed by atoms with Crippen LogP contribution in [0, 0.1) is 5.41 Å². The molecule has 0 amide bonds. The third-order valence-electron chi connectivity index (χ3n) is 4.64. The number of carbonyl (C=O) groups excluding carboxylic acids is 2. The lowest BCUT2D eigenvalue weighted by molar-refractivity contribution is -0.456. The number of hydrogen-bond donors (Lipinski definition) is 0. The molecule has 0 fully saturated rings. The summed E-state index contributed by atoms with van der Waals surface area (Å²) < 4.78 is 210. The van der Waals surface area contributed by atoms with E-state index in [2.05, 4.69) is 9.47 Å². The summed E-state index contributed by atoms with van der Waals surface area (Å²) >= 11 is 0. The summed E-state index contributed by atoms with van der Waals surface area (Å²) in [6, 6.07) is 0. The molecule has 0 rings (SSSR count). The van der Waals surface area contributed by atoms with Gasteiger partial charge in [0.05, 0.1) is 13.2 Å². The van der Waals surface area contributed by atoms with E-state index in [0.29, 0.717) is 0 Å². The fourth-order valence-electron chi connectivity index (χ4n) is 2.59. The molecule has 0 aromatic heterocycles. The van der Waals surface area contributed by atoms with Crippen molar-refractivity contribution in [2.24, 2.45) is 5.41 Å². The van der Waals surface area contributed by atoms with Crippen LogP contribution in [-0.2, 0) is 19.1 Å². The molecule has 0 spiro atoms. The minimum atomic E-state index is -8.56. The lowest BCUT2D eigenvalue weighted by Crippen LogP contribution is -2.75. The summed E-state index contributed by atoms with van der Waals surface area (Å²) in [5.41, 5.74) is -4.97. The van der Waals surface area contributed by atoms with Crippen LogP contribution in [0.5, 0.6) is 0 Å². The average molecular weight is 556 g/mol. The maximum absolute atomic E-state index is 14.8. The smallest absolute Gasteiger partial charge is 0.460 e. The van der Waals surface area contributed by atoms with E-state index >= 15 is 0 Å². The fourth-order valence-corrected chi connectivity index (χ4v) is 2.59. The van der Waals surface area contributed by atoms with Crippen LogP contribution in [-0.4, -0.2) is 66.9 Å².